The Morgan fingerprint density at radius 2 is 1.85 bits per heavy atom. The minimum absolute atomic E-state index is 0.0142. The van der Waals surface area contributed by atoms with E-state index in [9.17, 15) is 9.18 Å². The van der Waals surface area contributed by atoms with Crippen LogP contribution >= 0.6 is 0 Å². The van der Waals surface area contributed by atoms with Gasteiger partial charge in [-0.1, -0.05) is 18.6 Å². The van der Waals surface area contributed by atoms with Gasteiger partial charge in [0.15, 0.2) is 0 Å². The molecule has 0 atom stereocenters. The lowest BCUT2D eigenvalue weighted by Gasteiger charge is -2.60. The number of ether oxygens (including phenoxy) is 1. The summed E-state index contributed by atoms with van der Waals surface area (Å²) in [5, 5.41) is 0. The van der Waals surface area contributed by atoms with E-state index in [2.05, 4.69) is 0 Å². The third-order valence-corrected chi connectivity index (χ3v) is 5.37. The highest BCUT2D eigenvalue weighted by molar-refractivity contribution is 5.90. The fourth-order valence-corrected chi connectivity index (χ4v) is 3.68. The van der Waals surface area contributed by atoms with Gasteiger partial charge in [0, 0.05) is 6.54 Å². The molecule has 0 radical (unpaired) electrons. The first kappa shape index (κ1) is 12.3. The van der Waals surface area contributed by atoms with E-state index in [1.807, 2.05) is 4.90 Å². The molecule has 0 N–H and O–H groups in total. The number of likely N-dealkylation sites (tertiary alicyclic amines) is 1. The highest BCUT2D eigenvalue weighted by Crippen LogP contribution is 2.49. The Hall–Kier alpha value is -1.42. The molecule has 3 fully saturated rings. The van der Waals surface area contributed by atoms with Crippen molar-refractivity contribution in [1.82, 2.24) is 4.90 Å². The summed E-state index contributed by atoms with van der Waals surface area (Å²) in [6.45, 7) is 2.20. The molecule has 1 aromatic carbocycles. The molecule has 20 heavy (non-hydrogen) atoms. The van der Waals surface area contributed by atoms with Gasteiger partial charge in [0.05, 0.1) is 24.2 Å². The van der Waals surface area contributed by atoms with Crippen molar-refractivity contribution in [1.29, 1.82) is 0 Å². The van der Waals surface area contributed by atoms with Gasteiger partial charge >= 0.3 is 0 Å². The second-order valence-electron chi connectivity index (χ2n) is 6.37. The number of benzene rings is 1. The predicted molar refractivity (Wildman–Crippen MR) is 71.8 cm³/mol. The van der Waals surface area contributed by atoms with Crippen LogP contribution in [0.4, 0.5) is 4.39 Å². The maximum absolute atomic E-state index is 13.1. The molecule has 106 valence electrons. The molecule has 0 aromatic heterocycles. The van der Waals surface area contributed by atoms with Gasteiger partial charge in [0.25, 0.3) is 0 Å². The third-order valence-electron chi connectivity index (χ3n) is 5.37. The molecule has 1 saturated carbocycles. The van der Waals surface area contributed by atoms with Crippen molar-refractivity contribution in [2.24, 2.45) is 0 Å². The van der Waals surface area contributed by atoms with Gasteiger partial charge < -0.3 is 9.64 Å². The van der Waals surface area contributed by atoms with E-state index in [4.69, 9.17) is 4.74 Å². The first-order valence-electron chi connectivity index (χ1n) is 7.32. The Labute approximate surface area is 117 Å². The van der Waals surface area contributed by atoms with E-state index in [1.165, 1.54) is 12.1 Å². The number of nitrogens with zero attached hydrogens (tertiary/aromatic N) is 1. The average Bonchev–Trinajstić information content (AvgIpc) is 2.26. The molecular weight excluding hydrogens is 257 g/mol. The summed E-state index contributed by atoms with van der Waals surface area (Å²) in [7, 11) is 0. The number of halogens is 1. The smallest absolute Gasteiger partial charge is 0.233 e. The topological polar surface area (TPSA) is 29.5 Å². The summed E-state index contributed by atoms with van der Waals surface area (Å²) < 4.78 is 18.4. The quantitative estimate of drug-likeness (QED) is 0.828. The first-order valence-corrected chi connectivity index (χ1v) is 7.32. The largest absolute Gasteiger partial charge is 0.376 e. The third kappa shape index (κ3) is 1.46. The number of hydrogen-bond acceptors (Lipinski definition) is 2. The minimum atomic E-state index is -0.406. The molecule has 2 heterocycles. The van der Waals surface area contributed by atoms with E-state index in [0.717, 1.165) is 37.8 Å². The summed E-state index contributed by atoms with van der Waals surface area (Å²) in [6, 6.07) is 6.47. The van der Waals surface area contributed by atoms with Gasteiger partial charge in [-0.25, -0.2) is 4.39 Å². The zero-order chi connectivity index (χ0) is 13.8. The fourth-order valence-electron chi connectivity index (χ4n) is 3.68. The van der Waals surface area contributed by atoms with Crippen LogP contribution in [0.3, 0.4) is 0 Å². The number of carbonyl (C=O) groups is 1. The summed E-state index contributed by atoms with van der Waals surface area (Å²) >= 11 is 0. The van der Waals surface area contributed by atoms with E-state index < -0.39 is 5.41 Å². The van der Waals surface area contributed by atoms with Gasteiger partial charge in [-0.2, -0.15) is 0 Å². The summed E-state index contributed by atoms with van der Waals surface area (Å²) in [5.74, 6) is -0.0200. The van der Waals surface area contributed by atoms with Crippen molar-refractivity contribution in [3.05, 3.63) is 35.6 Å². The van der Waals surface area contributed by atoms with Crippen LogP contribution in [0, 0.1) is 5.82 Å². The summed E-state index contributed by atoms with van der Waals surface area (Å²) in [4.78, 5) is 15.0. The van der Waals surface area contributed by atoms with Crippen LogP contribution in [0.25, 0.3) is 0 Å². The maximum atomic E-state index is 13.1. The zero-order valence-electron chi connectivity index (χ0n) is 11.4. The Bertz CT molecular complexity index is 541. The number of hydrogen-bond donors (Lipinski definition) is 0. The van der Waals surface area contributed by atoms with E-state index >= 15 is 0 Å². The second-order valence-corrected chi connectivity index (χ2v) is 6.37. The van der Waals surface area contributed by atoms with E-state index in [1.54, 1.807) is 12.1 Å². The van der Waals surface area contributed by atoms with Crippen molar-refractivity contribution in [3.8, 4) is 0 Å². The van der Waals surface area contributed by atoms with Crippen molar-refractivity contribution in [2.45, 2.75) is 36.6 Å². The lowest BCUT2D eigenvalue weighted by Crippen LogP contribution is -2.74. The van der Waals surface area contributed by atoms with Crippen LogP contribution in [-0.2, 0) is 14.9 Å². The molecular formula is C16H18FNO2. The molecule has 1 amide bonds. The van der Waals surface area contributed by atoms with E-state index in [-0.39, 0.29) is 17.3 Å². The molecule has 1 aliphatic carbocycles. The van der Waals surface area contributed by atoms with Gasteiger partial charge in [0.2, 0.25) is 5.91 Å². The monoisotopic (exact) mass is 275 g/mol. The van der Waals surface area contributed by atoms with Crippen molar-refractivity contribution in [2.75, 3.05) is 19.8 Å². The van der Waals surface area contributed by atoms with E-state index in [0.29, 0.717) is 13.2 Å². The molecule has 1 aromatic rings. The van der Waals surface area contributed by atoms with Crippen molar-refractivity contribution >= 4 is 5.91 Å². The number of carbonyl (C=O) groups excluding carboxylic acids is 1. The summed E-state index contributed by atoms with van der Waals surface area (Å²) in [5.41, 5.74) is 0.550. The number of amides is 1. The number of rotatable bonds is 2. The molecule has 0 unspecified atom stereocenters. The minimum Gasteiger partial charge on any atom is -0.376 e. The van der Waals surface area contributed by atoms with Crippen molar-refractivity contribution in [3.63, 3.8) is 0 Å². The summed E-state index contributed by atoms with van der Waals surface area (Å²) in [6.07, 6.45) is 3.88. The highest BCUT2D eigenvalue weighted by Gasteiger charge is 2.58. The van der Waals surface area contributed by atoms with Crippen LogP contribution in [0.1, 0.15) is 31.2 Å². The predicted octanol–water partition coefficient (Wildman–Crippen LogP) is 2.25. The molecule has 0 bridgehead atoms. The molecule has 1 spiro atoms. The van der Waals surface area contributed by atoms with Gasteiger partial charge in [-0.3, -0.25) is 4.79 Å². The molecule has 2 saturated heterocycles. The Balaban J connectivity index is 1.64. The molecule has 2 aliphatic heterocycles. The second kappa shape index (κ2) is 4.04. The fraction of sp³-hybridized carbons (Fsp3) is 0.562. The Morgan fingerprint density at radius 1 is 1.15 bits per heavy atom. The Kier molecular flexibility index (Phi) is 2.49. The van der Waals surface area contributed by atoms with Gasteiger partial charge in [-0.15, -0.1) is 0 Å². The SMILES string of the molecule is O=C(N1CCC12COC2)C1(c2ccc(F)cc2)CCC1. The molecule has 4 heteroatoms. The van der Waals surface area contributed by atoms with Crippen molar-refractivity contribution < 1.29 is 13.9 Å². The lowest BCUT2D eigenvalue weighted by molar-refractivity contribution is -0.206. The normalized spacial score (nSPS) is 25.6. The van der Waals surface area contributed by atoms with Gasteiger partial charge in [0.1, 0.15) is 5.82 Å². The van der Waals surface area contributed by atoms with Crippen LogP contribution in [0.15, 0.2) is 24.3 Å². The molecule has 3 nitrogen and oxygen atoms in total. The average molecular weight is 275 g/mol. The maximum Gasteiger partial charge on any atom is 0.233 e. The van der Waals surface area contributed by atoms with Crippen LogP contribution in [0.5, 0.6) is 0 Å². The lowest BCUT2D eigenvalue weighted by atomic mass is 9.62. The van der Waals surface area contributed by atoms with Crippen LogP contribution in [-0.4, -0.2) is 36.1 Å². The Morgan fingerprint density at radius 3 is 2.25 bits per heavy atom. The first-order chi connectivity index (χ1) is 9.66. The van der Waals surface area contributed by atoms with Crippen LogP contribution in [0.2, 0.25) is 0 Å². The van der Waals surface area contributed by atoms with Crippen LogP contribution < -0.4 is 0 Å². The standard InChI is InChI=1S/C16H18FNO2/c17-13-4-2-12(3-5-13)16(6-1-7-16)14(19)18-9-8-15(18)10-20-11-15/h2-5H,1,6-11H2. The molecule has 4 rings (SSSR count). The van der Waals surface area contributed by atoms with Gasteiger partial charge in [-0.05, 0) is 37.0 Å². The zero-order valence-corrected chi connectivity index (χ0v) is 11.4. The molecule has 3 aliphatic rings. The highest BCUT2D eigenvalue weighted by atomic mass is 19.1.